The normalized spacial score (nSPS) is 25.0. The molecule has 1 aliphatic rings. The van der Waals surface area contributed by atoms with Crippen LogP contribution in [-0.4, -0.2) is 22.5 Å². The van der Waals surface area contributed by atoms with Gasteiger partial charge in [0.05, 0.1) is 10.2 Å². The van der Waals surface area contributed by atoms with Gasteiger partial charge in [0.25, 0.3) is 0 Å². The Bertz CT molecular complexity index is 563. The highest BCUT2D eigenvalue weighted by molar-refractivity contribution is 7.22. The lowest BCUT2D eigenvalue weighted by Gasteiger charge is -2.20. The number of hydrogen-bond acceptors (Lipinski definition) is 4. The third-order valence-electron chi connectivity index (χ3n) is 3.77. The topological polar surface area (TPSA) is 42.2 Å². The van der Waals surface area contributed by atoms with Crippen LogP contribution in [0.15, 0.2) is 18.2 Å². The molecule has 18 heavy (non-hydrogen) atoms. The number of anilines is 1. The molecule has 2 atom stereocenters. The second-order valence-electron chi connectivity index (χ2n) is 5.47. The Balaban J connectivity index is 1.82. The first-order valence-electron chi connectivity index (χ1n) is 6.51. The molecule has 0 saturated carbocycles. The molecule has 4 heteroatoms. The number of rotatable bonds is 2. The number of benzene rings is 1. The lowest BCUT2D eigenvalue weighted by Crippen LogP contribution is -2.26. The number of nitrogens with two attached hydrogens (primary N) is 1. The smallest absolute Gasteiger partial charge is 0.181 e. The molecule has 1 aromatic heterocycles. The number of nitrogens with zero attached hydrogens (tertiary/aromatic N) is 2. The SMILES string of the molecule is CC1CC(C)N(Cc2ccc3nc(N)sc3c2)C1. The summed E-state index contributed by atoms with van der Waals surface area (Å²) in [7, 11) is 0. The summed E-state index contributed by atoms with van der Waals surface area (Å²) in [5.74, 6) is 0.822. The predicted octanol–water partition coefficient (Wildman–Crippen LogP) is 3.11. The van der Waals surface area contributed by atoms with Crippen LogP contribution in [0, 0.1) is 5.92 Å². The average molecular weight is 261 g/mol. The van der Waals surface area contributed by atoms with Crippen molar-refractivity contribution < 1.29 is 0 Å². The summed E-state index contributed by atoms with van der Waals surface area (Å²) in [6, 6.07) is 7.19. The van der Waals surface area contributed by atoms with Crippen molar-refractivity contribution in [2.45, 2.75) is 32.9 Å². The van der Waals surface area contributed by atoms with Crippen molar-refractivity contribution in [3.05, 3.63) is 23.8 Å². The van der Waals surface area contributed by atoms with E-state index in [-0.39, 0.29) is 0 Å². The van der Waals surface area contributed by atoms with Crippen LogP contribution in [0.2, 0.25) is 0 Å². The van der Waals surface area contributed by atoms with Crippen LogP contribution in [0.4, 0.5) is 5.13 Å². The van der Waals surface area contributed by atoms with Gasteiger partial charge in [-0.15, -0.1) is 0 Å². The maximum atomic E-state index is 5.74. The summed E-state index contributed by atoms with van der Waals surface area (Å²) in [5.41, 5.74) is 8.13. The maximum absolute atomic E-state index is 5.74. The minimum absolute atomic E-state index is 0.658. The largest absolute Gasteiger partial charge is 0.375 e. The van der Waals surface area contributed by atoms with Gasteiger partial charge in [0.15, 0.2) is 5.13 Å². The molecule has 2 heterocycles. The minimum atomic E-state index is 0.658. The predicted molar refractivity (Wildman–Crippen MR) is 77.7 cm³/mol. The fraction of sp³-hybridized carbons (Fsp3) is 0.500. The van der Waals surface area contributed by atoms with E-state index in [0.717, 1.165) is 18.0 Å². The van der Waals surface area contributed by atoms with E-state index < -0.39 is 0 Å². The zero-order valence-electron chi connectivity index (χ0n) is 10.9. The van der Waals surface area contributed by atoms with Gasteiger partial charge >= 0.3 is 0 Å². The summed E-state index contributed by atoms with van der Waals surface area (Å²) in [6.45, 7) is 6.92. The molecule has 2 N–H and O–H groups in total. The van der Waals surface area contributed by atoms with Crippen LogP contribution in [0.3, 0.4) is 0 Å². The van der Waals surface area contributed by atoms with Crippen LogP contribution in [0.1, 0.15) is 25.8 Å². The molecular weight excluding hydrogens is 242 g/mol. The van der Waals surface area contributed by atoms with E-state index in [2.05, 4.69) is 41.9 Å². The average Bonchev–Trinajstić information content (AvgIpc) is 2.80. The first-order chi connectivity index (χ1) is 8.61. The van der Waals surface area contributed by atoms with Crippen molar-refractivity contribution in [2.75, 3.05) is 12.3 Å². The second-order valence-corrected chi connectivity index (χ2v) is 6.54. The van der Waals surface area contributed by atoms with E-state index >= 15 is 0 Å². The molecular formula is C14H19N3S. The maximum Gasteiger partial charge on any atom is 0.181 e. The van der Waals surface area contributed by atoms with Crippen LogP contribution in [0.5, 0.6) is 0 Å². The van der Waals surface area contributed by atoms with Crippen molar-refractivity contribution in [2.24, 2.45) is 5.92 Å². The van der Waals surface area contributed by atoms with E-state index in [0.29, 0.717) is 11.2 Å². The van der Waals surface area contributed by atoms with Gasteiger partial charge in [0, 0.05) is 19.1 Å². The van der Waals surface area contributed by atoms with Crippen molar-refractivity contribution in [3.63, 3.8) is 0 Å². The molecule has 0 spiro atoms. The van der Waals surface area contributed by atoms with E-state index in [9.17, 15) is 0 Å². The molecule has 3 nitrogen and oxygen atoms in total. The van der Waals surface area contributed by atoms with Gasteiger partial charge in [-0.25, -0.2) is 4.98 Å². The van der Waals surface area contributed by atoms with Gasteiger partial charge < -0.3 is 5.73 Å². The van der Waals surface area contributed by atoms with Crippen LogP contribution in [-0.2, 0) is 6.54 Å². The highest BCUT2D eigenvalue weighted by atomic mass is 32.1. The Labute approximate surface area is 112 Å². The number of hydrogen-bond donors (Lipinski definition) is 1. The Kier molecular flexibility index (Phi) is 2.99. The molecule has 2 aromatic rings. The van der Waals surface area contributed by atoms with Crippen molar-refractivity contribution in [1.29, 1.82) is 0 Å². The zero-order valence-corrected chi connectivity index (χ0v) is 11.7. The standard InChI is InChI=1S/C14H19N3S/c1-9-5-10(2)17(7-9)8-11-3-4-12-13(6-11)18-14(15)16-12/h3-4,6,9-10H,5,7-8H2,1-2H3,(H2,15,16). The third kappa shape index (κ3) is 2.22. The Hall–Kier alpha value is -1.13. The third-order valence-corrected chi connectivity index (χ3v) is 4.62. The van der Waals surface area contributed by atoms with Crippen molar-refractivity contribution in [1.82, 2.24) is 9.88 Å². The van der Waals surface area contributed by atoms with Gasteiger partial charge in [-0.3, -0.25) is 4.90 Å². The minimum Gasteiger partial charge on any atom is -0.375 e. The molecule has 3 rings (SSSR count). The van der Waals surface area contributed by atoms with Crippen molar-refractivity contribution in [3.8, 4) is 0 Å². The molecule has 0 amide bonds. The summed E-state index contributed by atoms with van der Waals surface area (Å²) in [4.78, 5) is 6.86. The molecule has 1 fully saturated rings. The fourth-order valence-electron chi connectivity index (χ4n) is 2.93. The van der Waals surface area contributed by atoms with Crippen molar-refractivity contribution >= 4 is 26.7 Å². The molecule has 2 unspecified atom stereocenters. The number of aromatic nitrogens is 1. The molecule has 0 radical (unpaired) electrons. The Morgan fingerprint density at radius 2 is 2.28 bits per heavy atom. The van der Waals surface area contributed by atoms with Gasteiger partial charge in [-0.2, -0.15) is 0 Å². The first-order valence-corrected chi connectivity index (χ1v) is 7.32. The highest BCUT2D eigenvalue weighted by Gasteiger charge is 2.25. The summed E-state index contributed by atoms with van der Waals surface area (Å²) in [6.07, 6.45) is 1.32. The molecule has 1 saturated heterocycles. The lowest BCUT2D eigenvalue weighted by atomic mass is 10.1. The van der Waals surface area contributed by atoms with Crippen LogP contribution in [0.25, 0.3) is 10.2 Å². The first kappa shape index (κ1) is 11.9. The molecule has 1 aromatic carbocycles. The van der Waals surface area contributed by atoms with E-state index in [4.69, 9.17) is 5.73 Å². The number of nitrogen functional groups attached to an aromatic ring is 1. The number of fused-ring (bicyclic) bond motifs is 1. The van der Waals surface area contributed by atoms with Gasteiger partial charge in [0.2, 0.25) is 0 Å². The summed E-state index contributed by atoms with van der Waals surface area (Å²) in [5, 5.41) is 0.658. The van der Waals surface area contributed by atoms with E-state index in [1.165, 1.54) is 23.2 Å². The highest BCUT2D eigenvalue weighted by Crippen LogP contribution is 2.28. The number of likely N-dealkylation sites (tertiary alicyclic amines) is 1. The molecule has 0 bridgehead atoms. The monoisotopic (exact) mass is 261 g/mol. The summed E-state index contributed by atoms with van der Waals surface area (Å²) >= 11 is 1.57. The Morgan fingerprint density at radius 1 is 1.44 bits per heavy atom. The molecule has 0 aliphatic carbocycles. The lowest BCUT2D eigenvalue weighted by molar-refractivity contribution is 0.257. The zero-order chi connectivity index (χ0) is 12.7. The molecule has 1 aliphatic heterocycles. The van der Waals surface area contributed by atoms with Gasteiger partial charge in [-0.05, 0) is 37.0 Å². The van der Waals surface area contributed by atoms with Gasteiger partial charge in [-0.1, -0.05) is 24.3 Å². The van der Waals surface area contributed by atoms with Crippen LogP contribution >= 0.6 is 11.3 Å². The molecule has 96 valence electrons. The van der Waals surface area contributed by atoms with Gasteiger partial charge in [0.1, 0.15) is 0 Å². The second kappa shape index (κ2) is 4.52. The fourth-order valence-corrected chi connectivity index (χ4v) is 3.72. The van der Waals surface area contributed by atoms with E-state index in [1.54, 1.807) is 11.3 Å². The van der Waals surface area contributed by atoms with Crippen LogP contribution < -0.4 is 5.73 Å². The number of thiazole rings is 1. The quantitative estimate of drug-likeness (QED) is 0.903. The summed E-state index contributed by atoms with van der Waals surface area (Å²) < 4.78 is 1.20. The van der Waals surface area contributed by atoms with E-state index in [1.807, 2.05) is 0 Å². The Morgan fingerprint density at radius 3 is 3.00 bits per heavy atom.